The Morgan fingerprint density at radius 1 is 0.587 bits per heavy atom. The highest BCUT2D eigenvalue weighted by molar-refractivity contribution is 7.98. The number of aromatic hydroxyl groups is 2. The molecule has 1 unspecified atom stereocenters. The molecule has 10 rings (SSSR count). The number of aromatic amines is 2. The molecule has 0 spiro atoms. The van der Waals surface area contributed by atoms with Gasteiger partial charge >= 0.3 is 0 Å². The first-order valence-electron chi connectivity index (χ1n) is 23.5. The number of aromatic nitrogens is 8. The molecule has 5 N–H and O–H groups in total. The van der Waals surface area contributed by atoms with E-state index in [1.807, 2.05) is 107 Å². The second-order valence-electron chi connectivity index (χ2n) is 18.0. The number of methoxy groups -OCH3 is 4. The zero-order chi connectivity index (χ0) is 54.0. The molecule has 4 aromatic carbocycles. The van der Waals surface area contributed by atoms with E-state index >= 15 is 0 Å². The smallest absolute Gasteiger partial charge is 0.215 e. The lowest BCUT2D eigenvalue weighted by molar-refractivity contribution is -0.306. The molecular weight excluding hydrogens is 993 g/mol. The van der Waals surface area contributed by atoms with Crippen molar-refractivity contribution < 1.29 is 43.5 Å². The number of aryl methyl sites for hydroxylation is 2. The second-order valence-corrected chi connectivity index (χ2v) is 20.3. The molecule has 10 aromatic rings. The number of hydrogen-bond acceptors (Lipinski definition) is 16. The molecule has 0 aliphatic carbocycles. The summed E-state index contributed by atoms with van der Waals surface area (Å²) in [6.45, 7) is 13.2. The van der Waals surface area contributed by atoms with Crippen LogP contribution in [0.5, 0.6) is 34.8 Å². The molecule has 0 bridgehead atoms. The highest BCUT2D eigenvalue weighted by Gasteiger charge is 2.19. The normalized spacial score (nSPS) is 11.5. The van der Waals surface area contributed by atoms with E-state index in [9.17, 15) is 14.4 Å². The van der Waals surface area contributed by atoms with Crippen LogP contribution >= 0.6 is 11.8 Å². The summed E-state index contributed by atoms with van der Waals surface area (Å²) in [6, 6.07) is 30.1. The summed E-state index contributed by atoms with van der Waals surface area (Å²) in [4.78, 5) is 36.4. The number of thioether (sulfide) groups is 1. The molecule has 0 aliphatic rings. The maximum atomic E-state index is 12.7. The average Bonchev–Trinajstić information content (AvgIpc) is 4.05. The maximum Gasteiger partial charge on any atom is 0.215 e. The van der Waals surface area contributed by atoms with Crippen molar-refractivity contribution in [3.05, 3.63) is 143 Å². The van der Waals surface area contributed by atoms with Crippen molar-refractivity contribution in [2.75, 3.05) is 28.4 Å². The molecule has 19 heteroatoms. The molecule has 17 nitrogen and oxygen atoms in total. The topological polar surface area (TPSA) is 233 Å². The number of nitrogens with one attached hydrogen (secondary N) is 2. The molecular formula is C56H60N8O9S2. The third-order valence-corrected chi connectivity index (χ3v) is 13.7. The minimum atomic E-state index is -1.37. The van der Waals surface area contributed by atoms with E-state index in [-0.39, 0.29) is 17.3 Å². The number of hydrogen-bond donors (Lipinski definition) is 5. The number of phenolic OH excluding ortho intramolecular Hbond substituents is 2. The number of H-pyrrole nitrogens is 2. The van der Waals surface area contributed by atoms with Gasteiger partial charge in [0.15, 0.2) is 21.6 Å². The van der Waals surface area contributed by atoms with Gasteiger partial charge in [-0.3, -0.25) is 19.4 Å². The summed E-state index contributed by atoms with van der Waals surface area (Å²) in [5.74, 6) is 3.99. The standard InChI is InChI=1S/C20H14O2.C16H18N4O3S.C16H18N4O2S.C4H10O2/c21-17-11-9-13-5-1-3-7-15(13)19(17)20-16-8-4-2-6-14(16)10-12-18(20)22;1-9-7-17-12(10(2)14(9)23-4)8-24(21)16-18-11-5-6-13(22-3)19-15(11)20-16;1-9-7-17-12(10(2)14(9)22-4)8-23-16-18-11-5-6-13(21-3)19-15(11)20-16;1-4(2,3)6-5/h1-12,21-22H;5-7H,8H2,1-4H3,(H,18,19,20);5-7H,8H2,1-4H3,(H,18,19,20);5H,1-3H3. The van der Waals surface area contributed by atoms with Gasteiger partial charge in [-0.1, -0.05) is 72.4 Å². The first-order chi connectivity index (χ1) is 36.0. The van der Waals surface area contributed by atoms with Crippen molar-refractivity contribution >= 4 is 66.4 Å². The molecule has 75 heavy (non-hydrogen) atoms. The van der Waals surface area contributed by atoms with Crippen LogP contribution in [0, 0.1) is 27.7 Å². The number of nitrogens with zero attached hydrogens (tertiary/aromatic N) is 6. The zero-order valence-electron chi connectivity index (χ0n) is 43.6. The van der Waals surface area contributed by atoms with Crippen LogP contribution in [0.15, 0.2) is 120 Å². The number of ether oxygens (including phenoxy) is 4. The fourth-order valence-electron chi connectivity index (χ4n) is 7.92. The molecule has 6 heterocycles. The predicted molar refractivity (Wildman–Crippen MR) is 295 cm³/mol. The minimum Gasteiger partial charge on any atom is -0.507 e. The van der Waals surface area contributed by atoms with E-state index in [1.54, 1.807) is 91.4 Å². The van der Waals surface area contributed by atoms with Gasteiger partial charge in [-0.05, 0) is 94.3 Å². The van der Waals surface area contributed by atoms with Crippen LogP contribution in [0.3, 0.4) is 0 Å². The van der Waals surface area contributed by atoms with Crippen LogP contribution in [0.1, 0.15) is 54.4 Å². The van der Waals surface area contributed by atoms with Gasteiger partial charge in [0.05, 0.1) is 73.0 Å². The van der Waals surface area contributed by atoms with E-state index in [2.05, 4.69) is 44.8 Å². The van der Waals surface area contributed by atoms with Gasteiger partial charge in [0.2, 0.25) is 11.8 Å². The number of phenols is 2. The van der Waals surface area contributed by atoms with E-state index in [0.29, 0.717) is 50.6 Å². The Labute approximate surface area is 441 Å². The number of pyridine rings is 4. The monoisotopic (exact) mass is 1050 g/mol. The van der Waals surface area contributed by atoms with E-state index in [1.165, 1.54) is 0 Å². The molecule has 0 fully saturated rings. The molecule has 0 aliphatic heterocycles. The first-order valence-corrected chi connectivity index (χ1v) is 25.8. The summed E-state index contributed by atoms with van der Waals surface area (Å²) in [5.41, 5.74) is 9.33. The summed E-state index contributed by atoms with van der Waals surface area (Å²) in [6.07, 6.45) is 3.57. The molecule has 0 saturated heterocycles. The number of rotatable bonds is 11. The Hall–Kier alpha value is -7.84. The molecule has 0 amide bonds. The quantitative estimate of drug-likeness (QED) is 0.0460. The predicted octanol–water partition coefficient (Wildman–Crippen LogP) is 11.9. The Morgan fingerprint density at radius 2 is 1.05 bits per heavy atom. The summed E-state index contributed by atoms with van der Waals surface area (Å²) >= 11 is 1.59. The Bertz CT molecular complexity index is 3550. The fourth-order valence-corrected chi connectivity index (χ4v) is 9.90. The largest absolute Gasteiger partial charge is 0.507 e. The van der Waals surface area contributed by atoms with Crippen LogP contribution in [0.25, 0.3) is 55.0 Å². The Kier molecular flexibility index (Phi) is 17.9. The minimum absolute atomic E-state index is 0.172. The van der Waals surface area contributed by atoms with Gasteiger partial charge in [-0.15, -0.1) is 0 Å². The van der Waals surface area contributed by atoms with Crippen LogP contribution in [0.4, 0.5) is 0 Å². The third kappa shape index (κ3) is 13.1. The van der Waals surface area contributed by atoms with Crippen molar-refractivity contribution in [1.82, 2.24) is 39.9 Å². The lowest BCUT2D eigenvalue weighted by Crippen LogP contribution is -2.15. The van der Waals surface area contributed by atoms with Gasteiger partial charge in [0, 0.05) is 63.7 Å². The van der Waals surface area contributed by atoms with Gasteiger partial charge in [-0.2, -0.15) is 9.97 Å². The van der Waals surface area contributed by atoms with E-state index in [4.69, 9.17) is 24.2 Å². The maximum absolute atomic E-state index is 12.7. The SMILES string of the molecule is CC(C)(C)OO.COc1ccc2[nH]c(S(=O)Cc3ncc(C)c(OC)c3C)nc2n1.COc1ccc2[nH]c(SCc3ncc(C)c(OC)c3C)nc2n1.Oc1ccc2ccccc2c1-c1c(O)ccc2ccccc12. The van der Waals surface area contributed by atoms with Crippen LogP contribution in [0.2, 0.25) is 0 Å². The molecule has 0 saturated carbocycles. The average molecular weight is 1050 g/mol. The second kappa shape index (κ2) is 24.5. The van der Waals surface area contributed by atoms with Crippen molar-refractivity contribution in [2.45, 2.75) is 75.9 Å². The lowest BCUT2D eigenvalue weighted by Gasteiger charge is -2.14. The lowest BCUT2D eigenvalue weighted by atomic mass is 9.92. The Morgan fingerprint density at radius 3 is 1.55 bits per heavy atom. The van der Waals surface area contributed by atoms with Gasteiger partial charge in [0.25, 0.3) is 0 Å². The highest BCUT2D eigenvalue weighted by atomic mass is 32.2. The Balaban J connectivity index is 0.000000155. The van der Waals surface area contributed by atoms with Crippen molar-refractivity contribution in [3.63, 3.8) is 0 Å². The van der Waals surface area contributed by atoms with E-state index in [0.717, 1.165) is 77.4 Å². The number of benzene rings is 4. The van der Waals surface area contributed by atoms with Crippen molar-refractivity contribution in [2.24, 2.45) is 0 Å². The first kappa shape index (κ1) is 54.9. The summed E-state index contributed by atoms with van der Waals surface area (Å²) < 4.78 is 33.7. The van der Waals surface area contributed by atoms with Crippen LogP contribution in [-0.4, -0.2) is 93.6 Å². The number of fused-ring (bicyclic) bond motifs is 4. The molecule has 390 valence electrons. The van der Waals surface area contributed by atoms with Crippen molar-refractivity contribution in [3.8, 4) is 45.9 Å². The summed E-state index contributed by atoms with van der Waals surface area (Å²) in [5, 5.41) is 33.9. The van der Waals surface area contributed by atoms with Crippen LogP contribution < -0.4 is 18.9 Å². The zero-order valence-corrected chi connectivity index (χ0v) is 45.2. The van der Waals surface area contributed by atoms with Gasteiger partial charge in [-0.25, -0.2) is 14.9 Å². The molecule has 0 radical (unpaired) electrons. The number of imidazole rings is 2. The fraction of sp³-hybridized carbons (Fsp3) is 0.250. The van der Waals surface area contributed by atoms with E-state index < -0.39 is 16.4 Å². The summed E-state index contributed by atoms with van der Waals surface area (Å²) in [7, 11) is 5.07. The molecule has 6 aromatic heterocycles. The van der Waals surface area contributed by atoms with Gasteiger partial charge < -0.3 is 39.1 Å². The van der Waals surface area contributed by atoms with Gasteiger partial charge in [0.1, 0.15) is 23.0 Å². The van der Waals surface area contributed by atoms with Crippen molar-refractivity contribution in [1.29, 1.82) is 0 Å². The molecule has 1 atom stereocenters. The van der Waals surface area contributed by atoms with Crippen LogP contribution in [-0.2, 0) is 27.2 Å². The third-order valence-electron chi connectivity index (χ3n) is 11.7. The highest BCUT2D eigenvalue weighted by Crippen LogP contribution is 2.44.